The van der Waals surface area contributed by atoms with Crippen molar-refractivity contribution in [1.29, 1.82) is 0 Å². The van der Waals surface area contributed by atoms with Gasteiger partial charge in [0, 0.05) is 32.3 Å². The van der Waals surface area contributed by atoms with Crippen LogP contribution in [0, 0.1) is 0 Å². The van der Waals surface area contributed by atoms with Gasteiger partial charge < -0.3 is 15.4 Å². The van der Waals surface area contributed by atoms with Crippen molar-refractivity contribution in [1.82, 2.24) is 14.7 Å². The zero-order chi connectivity index (χ0) is 18.2. The number of piperidine rings is 1. The maximum atomic E-state index is 12.5. The summed E-state index contributed by atoms with van der Waals surface area (Å²) in [6, 6.07) is 10.00. The van der Waals surface area contributed by atoms with E-state index in [1.165, 1.54) is 0 Å². The second kappa shape index (κ2) is 11.1. The van der Waals surface area contributed by atoms with E-state index in [2.05, 4.69) is 5.10 Å². The van der Waals surface area contributed by atoms with Crippen LogP contribution in [-0.2, 0) is 16.0 Å². The van der Waals surface area contributed by atoms with Crippen LogP contribution in [0.2, 0.25) is 0 Å². The zero-order valence-electron chi connectivity index (χ0n) is 15.6. The Hall–Kier alpha value is -1.89. The van der Waals surface area contributed by atoms with Crippen molar-refractivity contribution in [3.8, 4) is 5.69 Å². The summed E-state index contributed by atoms with van der Waals surface area (Å²) in [4.78, 5) is 14.4. The van der Waals surface area contributed by atoms with E-state index in [1.54, 1.807) is 0 Å². The summed E-state index contributed by atoms with van der Waals surface area (Å²) in [5, 5.41) is 4.39. The zero-order valence-corrected chi connectivity index (χ0v) is 16.4. The predicted molar refractivity (Wildman–Crippen MR) is 108 cm³/mol. The van der Waals surface area contributed by atoms with E-state index in [9.17, 15) is 4.79 Å². The summed E-state index contributed by atoms with van der Waals surface area (Å²) < 4.78 is 7.65. The number of aryl methyl sites for hydroxylation is 1. The molecule has 7 heteroatoms. The molecule has 1 amide bonds. The number of aromatic nitrogens is 2. The maximum absolute atomic E-state index is 12.5. The number of likely N-dealkylation sites (tertiary alicyclic amines) is 1. The molecular formula is C20H29ClN4O2. The van der Waals surface area contributed by atoms with E-state index in [4.69, 9.17) is 10.5 Å². The topological polar surface area (TPSA) is 73.4 Å². The van der Waals surface area contributed by atoms with E-state index in [0.29, 0.717) is 13.0 Å². The Labute approximate surface area is 167 Å². The summed E-state index contributed by atoms with van der Waals surface area (Å²) in [5.74, 6) is 0.220. The number of ether oxygens (including phenoxy) is 1. The Balaban J connectivity index is 0.00000261. The Morgan fingerprint density at radius 2 is 1.96 bits per heavy atom. The fraction of sp³-hybridized carbons (Fsp3) is 0.500. The van der Waals surface area contributed by atoms with Crippen LogP contribution >= 0.6 is 12.4 Å². The van der Waals surface area contributed by atoms with Crippen LogP contribution in [0.3, 0.4) is 0 Å². The van der Waals surface area contributed by atoms with Crippen molar-refractivity contribution in [3.63, 3.8) is 0 Å². The van der Waals surface area contributed by atoms with E-state index < -0.39 is 0 Å². The first-order chi connectivity index (χ1) is 12.8. The van der Waals surface area contributed by atoms with Crippen molar-refractivity contribution in [2.24, 2.45) is 5.73 Å². The summed E-state index contributed by atoms with van der Waals surface area (Å²) >= 11 is 0. The first kappa shape index (κ1) is 21.4. The Morgan fingerprint density at radius 1 is 1.22 bits per heavy atom. The van der Waals surface area contributed by atoms with Gasteiger partial charge in [0.15, 0.2) is 0 Å². The molecule has 2 N–H and O–H groups in total. The molecule has 0 unspecified atom stereocenters. The molecule has 1 fully saturated rings. The fourth-order valence-corrected chi connectivity index (χ4v) is 3.23. The van der Waals surface area contributed by atoms with Gasteiger partial charge >= 0.3 is 0 Å². The van der Waals surface area contributed by atoms with Gasteiger partial charge in [-0.05, 0) is 49.9 Å². The molecule has 2 heterocycles. The lowest BCUT2D eigenvalue weighted by Crippen LogP contribution is -2.41. The number of carbonyl (C=O) groups is 1. The van der Waals surface area contributed by atoms with Crippen molar-refractivity contribution in [2.75, 3.05) is 26.2 Å². The number of benzene rings is 1. The van der Waals surface area contributed by atoms with Crippen LogP contribution in [0.1, 0.15) is 31.2 Å². The van der Waals surface area contributed by atoms with Crippen LogP contribution < -0.4 is 5.73 Å². The summed E-state index contributed by atoms with van der Waals surface area (Å²) in [5.41, 5.74) is 7.60. The SMILES string of the molecule is Cl.NCCCOC1CCN(C(=O)CCc2cnn(-c3ccccc3)c2)CC1. The number of hydrogen-bond acceptors (Lipinski definition) is 4. The normalized spacial score (nSPS) is 14.8. The largest absolute Gasteiger partial charge is 0.378 e. The van der Waals surface area contributed by atoms with E-state index >= 15 is 0 Å². The molecule has 0 radical (unpaired) electrons. The molecule has 0 aliphatic carbocycles. The van der Waals surface area contributed by atoms with Gasteiger partial charge in [0.05, 0.1) is 18.0 Å². The van der Waals surface area contributed by atoms with Crippen LogP contribution in [0.15, 0.2) is 42.7 Å². The molecule has 0 bridgehead atoms. The molecule has 27 heavy (non-hydrogen) atoms. The third kappa shape index (κ3) is 6.34. The highest BCUT2D eigenvalue weighted by molar-refractivity contribution is 5.85. The predicted octanol–water partition coefficient (Wildman–Crippen LogP) is 2.58. The van der Waals surface area contributed by atoms with Crippen LogP contribution in [0.4, 0.5) is 0 Å². The summed E-state index contributed by atoms with van der Waals surface area (Å²) in [6.45, 7) is 2.96. The fourth-order valence-electron chi connectivity index (χ4n) is 3.23. The lowest BCUT2D eigenvalue weighted by molar-refractivity contribution is -0.133. The minimum Gasteiger partial charge on any atom is -0.378 e. The van der Waals surface area contributed by atoms with Crippen LogP contribution in [-0.4, -0.2) is 52.9 Å². The van der Waals surface area contributed by atoms with Gasteiger partial charge in [-0.15, -0.1) is 12.4 Å². The molecular weight excluding hydrogens is 364 g/mol. The molecule has 1 aliphatic heterocycles. The molecule has 2 aromatic rings. The monoisotopic (exact) mass is 392 g/mol. The van der Waals surface area contributed by atoms with Gasteiger partial charge in [-0.25, -0.2) is 4.68 Å². The van der Waals surface area contributed by atoms with Gasteiger partial charge in [0.2, 0.25) is 5.91 Å². The van der Waals surface area contributed by atoms with Crippen molar-refractivity contribution in [3.05, 3.63) is 48.3 Å². The molecule has 1 saturated heterocycles. The molecule has 1 aromatic heterocycles. The molecule has 0 saturated carbocycles. The quantitative estimate of drug-likeness (QED) is 0.701. The highest BCUT2D eigenvalue weighted by atomic mass is 35.5. The van der Waals surface area contributed by atoms with Crippen LogP contribution in [0.25, 0.3) is 5.69 Å². The lowest BCUT2D eigenvalue weighted by atomic mass is 10.1. The highest BCUT2D eigenvalue weighted by Crippen LogP contribution is 2.16. The second-order valence-corrected chi connectivity index (χ2v) is 6.72. The third-order valence-corrected chi connectivity index (χ3v) is 4.78. The number of halogens is 1. The smallest absolute Gasteiger partial charge is 0.222 e. The molecule has 148 valence electrons. The Kier molecular flexibility index (Phi) is 8.78. The average molecular weight is 393 g/mol. The van der Waals surface area contributed by atoms with Gasteiger partial charge in [-0.1, -0.05) is 18.2 Å². The van der Waals surface area contributed by atoms with Gasteiger partial charge in [-0.3, -0.25) is 4.79 Å². The molecule has 3 rings (SSSR count). The van der Waals surface area contributed by atoms with Gasteiger partial charge in [0.25, 0.3) is 0 Å². The molecule has 1 aromatic carbocycles. The average Bonchev–Trinajstić information content (AvgIpc) is 3.17. The van der Waals surface area contributed by atoms with E-state index in [0.717, 1.165) is 56.6 Å². The lowest BCUT2D eigenvalue weighted by Gasteiger charge is -2.32. The summed E-state index contributed by atoms with van der Waals surface area (Å²) in [6.07, 6.45) is 8.10. The Bertz CT molecular complexity index is 684. The number of amides is 1. The molecule has 6 nitrogen and oxygen atoms in total. The minimum absolute atomic E-state index is 0. The number of hydrogen-bond donors (Lipinski definition) is 1. The van der Waals surface area contributed by atoms with E-state index in [1.807, 2.05) is 52.3 Å². The molecule has 0 spiro atoms. The number of rotatable bonds is 8. The number of nitrogens with two attached hydrogens (primary N) is 1. The highest BCUT2D eigenvalue weighted by Gasteiger charge is 2.22. The number of nitrogens with zero attached hydrogens (tertiary/aromatic N) is 3. The van der Waals surface area contributed by atoms with Gasteiger partial charge in [-0.2, -0.15) is 5.10 Å². The van der Waals surface area contributed by atoms with Crippen molar-refractivity contribution < 1.29 is 9.53 Å². The number of carbonyl (C=O) groups excluding carboxylic acids is 1. The maximum Gasteiger partial charge on any atom is 0.222 e. The van der Waals surface area contributed by atoms with Crippen molar-refractivity contribution in [2.45, 2.75) is 38.2 Å². The molecule has 0 atom stereocenters. The first-order valence-corrected chi connectivity index (χ1v) is 9.44. The first-order valence-electron chi connectivity index (χ1n) is 9.44. The van der Waals surface area contributed by atoms with Crippen LogP contribution in [0.5, 0.6) is 0 Å². The van der Waals surface area contributed by atoms with Crippen molar-refractivity contribution >= 4 is 18.3 Å². The number of para-hydroxylation sites is 1. The third-order valence-electron chi connectivity index (χ3n) is 4.78. The Morgan fingerprint density at radius 3 is 2.67 bits per heavy atom. The van der Waals surface area contributed by atoms with Gasteiger partial charge in [0.1, 0.15) is 0 Å². The summed E-state index contributed by atoms with van der Waals surface area (Å²) in [7, 11) is 0. The van der Waals surface area contributed by atoms with E-state index in [-0.39, 0.29) is 24.4 Å². The standard InChI is InChI=1S/C20H28N4O2.ClH/c21-11-4-14-26-19-9-12-23(13-10-19)20(25)8-7-17-15-22-24(16-17)18-5-2-1-3-6-18;/h1-3,5-6,15-16,19H,4,7-14,21H2;1H. The molecule has 1 aliphatic rings. The minimum atomic E-state index is 0. The second-order valence-electron chi connectivity index (χ2n) is 6.72.